The third-order valence-electron chi connectivity index (χ3n) is 5.74. The van der Waals surface area contributed by atoms with Crippen molar-refractivity contribution in [2.24, 2.45) is 5.73 Å². The van der Waals surface area contributed by atoms with Crippen LogP contribution < -0.4 is 16.4 Å². The topological polar surface area (TPSA) is 84.2 Å². The second kappa shape index (κ2) is 9.36. The largest absolute Gasteiger partial charge is 0.351 e. The molecular formula is C28H35N3O2. The molecule has 0 aliphatic carbocycles. The summed E-state index contributed by atoms with van der Waals surface area (Å²) in [6, 6.07) is 17.5. The zero-order chi connectivity index (χ0) is 24.4. The number of nitrogens with two attached hydrogens (primary N) is 1. The van der Waals surface area contributed by atoms with Crippen LogP contribution in [0.5, 0.6) is 0 Å². The number of hydrogen-bond acceptors (Lipinski definition) is 3. The molecule has 33 heavy (non-hydrogen) atoms. The number of rotatable bonds is 5. The third-order valence-corrected chi connectivity index (χ3v) is 5.74. The highest BCUT2D eigenvalue weighted by Gasteiger charge is 2.23. The van der Waals surface area contributed by atoms with Gasteiger partial charge in [-0.15, -0.1) is 0 Å². The van der Waals surface area contributed by atoms with E-state index < -0.39 is 0 Å². The Bertz CT molecular complexity index is 1150. The molecule has 0 atom stereocenters. The molecule has 0 aromatic heterocycles. The zero-order valence-electron chi connectivity index (χ0n) is 20.5. The van der Waals surface area contributed by atoms with Crippen molar-refractivity contribution in [3.63, 3.8) is 0 Å². The van der Waals surface area contributed by atoms with E-state index in [2.05, 4.69) is 58.2 Å². The molecule has 5 heteroatoms. The van der Waals surface area contributed by atoms with Gasteiger partial charge >= 0.3 is 0 Å². The highest BCUT2D eigenvalue weighted by Crippen LogP contribution is 2.31. The van der Waals surface area contributed by atoms with E-state index in [4.69, 9.17) is 5.73 Å². The molecule has 0 aliphatic heterocycles. The van der Waals surface area contributed by atoms with Crippen molar-refractivity contribution in [2.45, 2.75) is 52.4 Å². The Balaban J connectivity index is 2.06. The second-order valence-corrected chi connectivity index (χ2v) is 10.5. The lowest BCUT2D eigenvalue weighted by atomic mass is 9.79. The van der Waals surface area contributed by atoms with E-state index in [0.29, 0.717) is 29.9 Å². The van der Waals surface area contributed by atoms with Gasteiger partial charge in [0.05, 0.1) is 11.3 Å². The maximum Gasteiger partial charge on any atom is 0.255 e. The van der Waals surface area contributed by atoms with E-state index in [1.807, 2.05) is 48.5 Å². The van der Waals surface area contributed by atoms with Crippen molar-refractivity contribution in [3.8, 4) is 0 Å². The van der Waals surface area contributed by atoms with E-state index in [1.54, 1.807) is 0 Å². The first-order valence-corrected chi connectivity index (χ1v) is 11.4. The smallest absolute Gasteiger partial charge is 0.255 e. The highest BCUT2D eigenvalue weighted by atomic mass is 16.2. The highest BCUT2D eigenvalue weighted by molar-refractivity contribution is 6.11. The van der Waals surface area contributed by atoms with Gasteiger partial charge in [0.2, 0.25) is 0 Å². The van der Waals surface area contributed by atoms with Crippen LogP contribution in [0.15, 0.2) is 54.6 Å². The number of hydrogen-bond donors (Lipinski definition) is 3. The number of carbonyl (C=O) groups excluding carboxylic acids is 2. The molecule has 5 nitrogen and oxygen atoms in total. The molecule has 174 valence electrons. The maximum absolute atomic E-state index is 13.4. The van der Waals surface area contributed by atoms with Crippen molar-refractivity contribution in [3.05, 3.63) is 76.9 Å². The van der Waals surface area contributed by atoms with Gasteiger partial charge in [-0.2, -0.15) is 0 Å². The summed E-state index contributed by atoms with van der Waals surface area (Å²) >= 11 is 0. The Kier molecular flexibility index (Phi) is 6.94. The number of fused-ring (bicyclic) bond motifs is 1. The molecule has 0 unspecified atom stereocenters. The van der Waals surface area contributed by atoms with Crippen LogP contribution in [0.4, 0.5) is 5.69 Å². The van der Waals surface area contributed by atoms with Crippen molar-refractivity contribution >= 4 is 28.3 Å². The Morgan fingerprint density at radius 3 is 1.85 bits per heavy atom. The number of nitrogens with one attached hydrogen (secondary N) is 2. The number of carbonyl (C=O) groups is 2. The minimum absolute atomic E-state index is 0.105. The molecule has 3 rings (SSSR count). The van der Waals surface area contributed by atoms with Crippen LogP contribution in [0.25, 0.3) is 10.8 Å². The predicted molar refractivity (Wildman–Crippen MR) is 137 cm³/mol. The van der Waals surface area contributed by atoms with Crippen molar-refractivity contribution in [1.29, 1.82) is 0 Å². The number of anilines is 1. The Morgan fingerprint density at radius 2 is 1.33 bits per heavy atom. The molecule has 0 spiro atoms. The fourth-order valence-corrected chi connectivity index (χ4v) is 3.63. The molecule has 3 aromatic rings. The normalized spacial score (nSPS) is 12.0. The lowest BCUT2D eigenvalue weighted by Gasteiger charge is -2.26. The molecule has 3 aromatic carbocycles. The molecule has 0 aliphatic rings. The SMILES string of the molecule is CC(C)(C)c1cc(C(=O)Nc2cc3ccccc3cc2C(=O)NCCN)cc(C(C)(C)C)c1. The summed E-state index contributed by atoms with van der Waals surface area (Å²) in [5, 5.41) is 7.69. The van der Waals surface area contributed by atoms with Crippen LogP contribution in [0.2, 0.25) is 0 Å². The van der Waals surface area contributed by atoms with Gasteiger partial charge in [0.15, 0.2) is 0 Å². The summed E-state index contributed by atoms with van der Waals surface area (Å²) in [6.07, 6.45) is 0. The monoisotopic (exact) mass is 445 g/mol. The quantitative estimate of drug-likeness (QED) is 0.493. The van der Waals surface area contributed by atoms with E-state index in [1.165, 1.54) is 0 Å². The van der Waals surface area contributed by atoms with E-state index in [9.17, 15) is 9.59 Å². The summed E-state index contributed by atoms with van der Waals surface area (Å²) in [6.45, 7) is 13.5. The van der Waals surface area contributed by atoms with Gasteiger partial charge in [0, 0.05) is 18.7 Å². The van der Waals surface area contributed by atoms with Gasteiger partial charge in [-0.1, -0.05) is 71.9 Å². The average molecular weight is 446 g/mol. The Labute approximate surface area is 196 Å². The van der Waals surface area contributed by atoms with Crippen LogP contribution in [0.1, 0.15) is 73.4 Å². The van der Waals surface area contributed by atoms with E-state index in [0.717, 1.165) is 21.9 Å². The molecule has 4 N–H and O–H groups in total. The van der Waals surface area contributed by atoms with Crippen molar-refractivity contribution in [2.75, 3.05) is 18.4 Å². The molecule has 0 saturated carbocycles. The molecule has 0 fully saturated rings. The van der Waals surface area contributed by atoms with Crippen molar-refractivity contribution < 1.29 is 9.59 Å². The van der Waals surface area contributed by atoms with Crippen LogP contribution in [0, 0.1) is 0 Å². The first-order chi connectivity index (χ1) is 15.4. The summed E-state index contributed by atoms with van der Waals surface area (Å²) in [5.41, 5.74) is 9.01. The molecule has 0 saturated heterocycles. The number of amides is 2. The van der Waals surface area contributed by atoms with E-state index >= 15 is 0 Å². The predicted octanol–water partition coefficient (Wildman–Crippen LogP) is 5.38. The van der Waals surface area contributed by atoms with Crippen LogP contribution in [-0.4, -0.2) is 24.9 Å². The van der Waals surface area contributed by atoms with Gasteiger partial charge in [-0.05, 0) is 57.0 Å². The zero-order valence-corrected chi connectivity index (χ0v) is 20.5. The molecule has 0 heterocycles. The molecule has 0 radical (unpaired) electrons. The standard InChI is InChI=1S/C28H35N3O2/c1-27(2,3)21-13-20(14-22(17-21)28(4,5)6)25(32)31-24-16-19-10-8-7-9-18(19)15-23(24)26(33)30-12-11-29/h7-10,13-17H,11-12,29H2,1-6H3,(H,30,33)(H,31,32). The van der Waals surface area contributed by atoms with Gasteiger partial charge in [-0.25, -0.2) is 0 Å². The summed E-state index contributed by atoms with van der Waals surface area (Å²) in [4.78, 5) is 26.3. The van der Waals surface area contributed by atoms with Crippen LogP contribution >= 0.6 is 0 Å². The van der Waals surface area contributed by atoms with Gasteiger partial charge in [0.25, 0.3) is 11.8 Å². The lowest BCUT2D eigenvalue weighted by molar-refractivity contribution is 0.0955. The Morgan fingerprint density at radius 1 is 0.788 bits per heavy atom. The van der Waals surface area contributed by atoms with Gasteiger partial charge in [0.1, 0.15) is 0 Å². The van der Waals surface area contributed by atoms with Crippen LogP contribution in [0.3, 0.4) is 0 Å². The third kappa shape index (κ3) is 5.79. The second-order valence-electron chi connectivity index (χ2n) is 10.5. The molecule has 2 amide bonds. The fourth-order valence-electron chi connectivity index (χ4n) is 3.63. The minimum atomic E-state index is -0.264. The van der Waals surface area contributed by atoms with Gasteiger partial charge < -0.3 is 16.4 Å². The van der Waals surface area contributed by atoms with E-state index in [-0.39, 0.29) is 22.6 Å². The fraction of sp³-hybridized carbons (Fsp3) is 0.357. The minimum Gasteiger partial charge on any atom is -0.351 e. The number of benzene rings is 3. The van der Waals surface area contributed by atoms with Crippen LogP contribution in [-0.2, 0) is 10.8 Å². The van der Waals surface area contributed by atoms with Crippen molar-refractivity contribution in [1.82, 2.24) is 5.32 Å². The first-order valence-electron chi connectivity index (χ1n) is 11.4. The summed E-state index contributed by atoms with van der Waals surface area (Å²) in [5.74, 6) is -0.505. The average Bonchev–Trinajstić information content (AvgIpc) is 2.75. The molecule has 0 bridgehead atoms. The molecular weight excluding hydrogens is 410 g/mol. The summed E-state index contributed by atoms with van der Waals surface area (Å²) < 4.78 is 0. The lowest BCUT2D eigenvalue weighted by Crippen LogP contribution is -2.30. The maximum atomic E-state index is 13.4. The summed E-state index contributed by atoms with van der Waals surface area (Å²) in [7, 11) is 0. The van der Waals surface area contributed by atoms with Gasteiger partial charge in [-0.3, -0.25) is 9.59 Å². The Hall–Kier alpha value is -3.18. The first kappa shape index (κ1) is 24.5.